The molecule has 0 spiro atoms. The van der Waals surface area contributed by atoms with E-state index in [0.717, 1.165) is 5.56 Å². The number of ether oxygens (including phenoxy) is 1. The first-order valence-corrected chi connectivity index (χ1v) is 6.25. The molecule has 0 heterocycles. The molecular formula is C13H17ClFNO2. The Kier molecular flexibility index (Phi) is 6.09. The van der Waals surface area contributed by atoms with Crippen LogP contribution in [0, 0.1) is 12.7 Å². The third kappa shape index (κ3) is 4.27. The first-order valence-electron chi connectivity index (χ1n) is 5.71. The predicted octanol–water partition coefficient (Wildman–Crippen LogP) is 2.46. The highest BCUT2D eigenvalue weighted by Gasteiger charge is 2.14. The molecule has 1 amide bonds. The number of carbonyl (C=O) groups is 1. The minimum atomic E-state index is -0.407. The van der Waals surface area contributed by atoms with Crippen LogP contribution in [0.25, 0.3) is 0 Å². The van der Waals surface area contributed by atoms with Gasteiger partial charge in [0, 0.05) is 25.0 Å². The molecular weight excluding hydrogens is 257 g/mol. The van der Waals surface area contributed by atoms with E-state index >= 15 is 0 Å². The van der Waals surface area contributed by atoms with Crippen LogP contribution in [0.15, 0.2) is 18.2 Å². The Morgan fingerprint density at radius 1 is 1.44 bits per heavy atom. The van der Waals surface area contributed by atoms with Gasteiger partial charge in [0.05, 0.1) is 13.2 Å². The summed E-state index contributed by atoms with van der Waals surface area (Å²) in [5.74, 6) is -0.182. The standard InChI is InChI=1S/C13H17ClFNO2/c1-10-3-4-11(15)9-12(10)13(17)16(2)6-8-18-7-5-14/h3-4,9H,5-8H2,1-2H3. The van der Waals surface area contributed by atoms with Crippen molar-refractivity contribution in [3.05, 3.63) is 35.1 Å². The molecule has 5 heteroatoms. The summed E-state index contributed by atoms with van der Waals surface area (Å²) in [5, 5.41) is 0. The number of carbonyl (C=O) groups excluding carboxylic acids is 1. The number of hydrogen-bond donors (Lipinski definition) is 0. The Bertz CT molecular complexity index is 412. The van der Waals surface area contributed by atoms with Crippen molar-refractivity contribution in [1.29, 1.82) is 0 Å². The Hall–Kier alpha value is -1.13. The van der Waals surface area contributed by atoms with Crippen molar-refractivity contribution in [1.82, 2.24) is 4.90 Å². The van der Waals surface area contributed by atoms with E-state index in [-0.39, 0.29) is 5.91 Å². The van der Waals surface area contributed by atoms with Gasteiger partial charge in [0.25, 0.3) is 5.91 Å². The fraction of sp³-hybridized carbons (Fsp3) is 0.462. The zero-order valence-electron chi connectivity index (χ0n) is 10.6. The highest BCUT2D eigenvalue weighted by molar-refractivity contribution is 6.17. The van der Waals surface area contributed by atoms with Crippen LogP contribution in [0.4, 0.5) is 4.39 Å². The van der Waals surface area contributed by atoms with E-state index in [1.807, 2.05) is 0 Å². The van der Waals surface area contributed by atoms with Crippen molar-refractivity contribution in [3.8, 4) is 0 Å². The summed E-state index contributed by atoms with van der Waals surface area (Å²) in [6.45, 7) is 3.11. The molecule has 0 aromatic heterocycles. The maximum atomic E-state index is 13.1. The van der Waals surface area contributed by atoms with Crippen LogP contribution in [0.5, 0.6) is 0 Å². The van der Waals surface area contributed by atoms with E-state index in [1.165, 1.54) is 17.0 Å². The smallest absolute Gasteiger partial charge is 0.254 e. The van der Waals surface area contributed by atoms with Crippen molar-refractivity contribution in [2.45, 2.75) is 6.92 Å². The number of benzene rings is 1. The molecule has 0 saturated carbocycles. The Morgan fingerprint density at radius 2 is 2.17 bits per heavy atom. The number of alkyl halides is 1. The predicted molar refractivity (Wildman–Crippen MR) is 69.6 cm³/mol. The lowest BCUT2D eigenvalue weighted by molar-refractivity contribution is 0.0710. The molecule has 0 saturated heterocycles. The van der Waals surface area contributed by atoms with Crippen LogP contribution in [-0.4, -0.2) is 43.5 Å². The number of amides is 1. The fourth-order valence-electron chi connectivity index (χ4n) is 1.49. The minimum absolute atomic E-state index is 0.207. The van der Waals surface area contributed by atoms with Crippen molar-refractivity contribution in [3.63, 3.8) is 0 Å². The number of rotatable bonds is 6. The van der Waals surface area contributed by atoms with Gasteiger partial charge in [-0.1, -0.05) is 6.07 Å². The molecule has 3 nitrogen and oxygen atoms in total. The molecule has 1 aromatic carbocycles. The van der Waals surface area contributed by atoms with Crippen molar-refractivity contribution >= 4 is 17.5 Å². The summed E-state index contributed by atoms with van der Waals surface area (Å²) in [6.07, 6.45) is 0. The summed E-state index contributed by atoms with van der Waals surface area (Å²) in [5.41, 5.74) is 1.14. The summed E-state index contributed by atoms with van der Waals surface area (Å²) in [6, 6.07) is 4.20. The minimum Gasteiger partial charge on any atom is -0.378 e. The highest BCUT2D eigenvalue weighted by atomic mass is 35.5. The van der Waals surface area contributed by atoms with Crippen LogP contribution >= 0.6 is 11.6 Å². The van der Waals surface area contributed by atoms with Gasteiger partial charge < -0.3 is 9.64 Å². The molecule has 1 aromatic rings. The lowest BCUT2D eigenvalue weighted by Crippen LogP contribution is -2.30. The number of nitrogens with zero attached hydrogens (tertiary/aromatic N) is 1. The SMILES string of the molecule is Cc1ccc(F)cc1C(=O)N(C)CCOCCCl. The van der Waals surface area contributed by atoms with Crippen molar-refractivity contribution in [2.75, 3.05) is 32.7 Å². The molecule has 0 aliphatic heterocycles. The average Bonchev–Trinajstić information content (AvgIpc) is 2.36. The average molecular weight is 274 g/mol. The van der Waals surface area contributed by atoms with Gasteiger partial charge in [-0.25, -0.2) is 4.39 Å². The van der Waals surface area contributed by atoms with Crippen LogP contribution in [-0.2, 0) is 4.74 Å². The van der Waals surface area contributed by atoms with E-state index in [0.29, 0.717) is 31.2 Å². The summed E-state index contributed by atoms with van der Waals surface area (Å²) < 4.78 is 18.3. The number of hydrogen-bond acceptors (Lipinski definition) is 2. The largest absolute Gasteiger partial charge is 0.378 e. The Labute approximate surface area is 111 Å². The monoisotopic (exact) mass is 273 g/mol. The van der Waals surface area contributed by atoms with Gasteiger partial charge in [0.2, 0.25) is 0 Å². The molecule has 0 fully saturated rings. The van der Waals surface area contributed by atoms with Crippen molar-refractivity contribution in [2.24, 2.45) is 0 Å². The molecule has 0 bridgehead atoms. The van der Waals surface area contributed by atoms with Crippen LogP contribution in [0.3, 0.4) is 0 Å². The van der Waals surface area contributed by atoms with E-state index in [1.54, 1.807) is 20.0 Å². The number of aryl methyl sites for hydroxylation is 1. The molecule has 0 radical (unpaired) electrons. The Morgan fingerprint density at radius 3 is 2.83 bits per heavy atom. The second-order valence-electron chi connectivity index (χ2n) is 3.99. The molecule has 0 atom stereocenters. The zero-order chi connectivity index (χ0) is 13.5. The van der Waals surface area contributed by atoms with Gasteiger partial charge in [-0.3, -0.25) is 4.79 Å². The maximum absolute atomic E-state index is 13.1. The van der Waals surface area contributed by atoms with Crippen LogP contribution < -0.4 is 0 Å². The fourth-order valence-corrected chi connectivity index (χ4v) is 1.60. The summed E-state index contributed by atoms with van der Waals surface area (Å²) in [7, 11) is 1.66. The quantitative estimate of drug-likeness (QED) is 0.589. The molecule has 100 valence electrons. The molecule has 0 unspecified atom stereocenters. The normalized spacial score (nSPS) is 10.4. The lowest BCUT2D eigenvalue weighted by atomic mass is 10.1. The van der Waals surface area contributed by atoms with Gasteiger partial charge in [-0.05, 0) is 24.6 Å². The maximum Gasteiger partial charge on any atom is 0.254 e. The Balaban J connectivity index is 2.60. The molecule has 0 aliphatic carbocycles. The first kappa shape index (κ1) is 14.9. The molecule has 0 aliphatic rings. The third-order valence-electron chi connectivity index (χ3n) is 2.57. The van der Waals surface area contributed by atoms with E-state index in [4.69, 9.17) is 16.3 Å². The number of likely N-dealkylation sites (N-methyl/N-ethyl adjacent to an activating group) is 1. The summed E-state index contributed by atoms with van der Waals surface area (Å²) in [4.78, 5) is 13.6. The molecule has 0 N–H and O–H groups in total. The van der Waals surface area contributed by atoms with E-state index in [2.05, 4.69) is 0 Å². The van der Waals surface area contributed by atoms with Gasteiger partial charge in [-0.2, -0.15) is 0 Å². The van der Waals surface area contributed by atoms with Crippen LogP contribution in [0.1, 0.15) is 15.9 Å². The van der Waals surface area contributed by atoms with E-state index < -0.39 is 5.82 Å². The third-order valence-corrected chi connectivity index (χ3v) is 2.72. The lowest BCUT2D eigenvalue weighted by Gasteiger charge is -2.18. The highest BCUT2D eigenvalue weighted by Crippen LogP contribution is 2.12. The molecule has 18 heavy (non-hydrogen) atoms. The van der Waals surface area contributed by atoms with Gasteiger partial charge in [0.1, 0.15) is 5.82 Å². The summed E-state index contributed by atoms with van der Waals surface area (Å²) >= 11 is 5.47. The van der Waals surface area contributed by atoms with Crippen molar-refractivity contribution < 1.29 is 13.9 Å². The van der Waals surface area contributed by atoms with Gasteiger partial charge in [-0.15, -0.1) is 11.6 Å². The van der Waals surface area contributed by atoms with Crippen LogP contribution in [0.2, 0.25) is 0 Å². The number of halogens is 2. The van der Waals surface area contributed by atoms with E-state index in [9.17, 15) is 9.18 Å². The second-order valence-corrected chi connectivity index (χ2v) is 4.37. The molecule has 1 rings (SSSR count). The second kappa shape index (κ2) is 7.34. The topological polar surface area (TPSA) is 29.5 Å². The zero-order valence-corrected chi connectivity index (χ0v) is 11.3. The first-order chi connectivity index (χ1) is 8.56. The van der Waals surface area contributed by atoms with Gasteiger partial charge >= 0.3 is 0 Å². The van der Waals surface area contributed by atoms with Gasteiger partial charge in [0.15, 0.2) is 0 Å².